The molecule has 9 heteroatoms. The van der Waals surface area contributed by atoms with Crippen LogP contribution in [0.25, 0.3) is 0 Å². The van der Waals surface area contributed by atoms with E-state index in [1.54, 1.807) is 5.32 Å². The molecule has 21 heavy (non-hydrogen) atoms. The maximum absolute atomic E-state index is 12.9. The van der Waals surface area contributed by atoms with Crippen molar-refractivity contribution in [3.05, 3.63) is 35.6 Å². The minimum Gasteiger partial charge on any atom is -0.341 e. The summed E-state index contributed by atoms with van der Waals surface area (Å²) in [6, 6.07) is 0.610. The summed E-state index contributed by atoms with van der Waals surface area (Å²) in [5.41, 5.74) is -0.308. The fourth-order valence-electron chi connectivity index (χ4n) is 1.47. The molecule has 0 aliphatic rings. The van der Waals surface area contributed by atoms with Gasteiger partial charge in [0.1, 0.15) is 5.82 Å². The van der Waals surface area contributed by atoms with Gasteiger partial charge in [-0.1, -0.05) is 12.1 Å². The van der Waals surface area contributed by atoms with Crippen LogP contribution in [0.1, 0.15) is 11.6 Å². The fraction of sp³-hybridized carbons (Fsp3) is 0.333. The molecule has 1 aromatic carbocycles. The van der Waals surface area contributed by atoms with E-state index in [2.05, 4.69) is 10.6 Å². The molecule has 3 N–H and O–H groups in total. The molecule has 0 radical (unpaired) electrons. The molecule has 0 spiro atoms. The summed E-state index contributed by atoms with van der Waals surface area (Å²) in [5.74, 6) is -1.71. The lowest BCUT2D eigenvalue weighted by molar-refractivity contribution is -0.163. The van der Waals surface area contributed by atoms with E-state index < -0.39 is 36.5 Å². The van der Waals surface area contributed by atoms with Gasteiger partial charge >= 0.3 is 12.2 Å². The average molecular weight is 307 g/mol. The van der Waals surface area contributed by atoms with Gasteiger partial charge in [-0.2, -0.15) is 13.2 Å². The van der Waals surface area contributed by atoms with Crippen molar-refractivity contribution in [1.29, 1.82) is 0 Å². The highest BCUT2D eigenvalue weighted by Gasteiger charge is 2.41. The van der Waals surface area contributed by atoms with E-state index in [0.29, 0.717) is 0 Å². The van der Waals surface area contributed by atoms with Crippen molar-refractivity contribution in [1.82, 2.24) is 16.0 Å². The van der Waals surface area contributed by atoms with Gasteiger partial charge in [0.2, 0.25) is 5.91 Å². The van der Waals surface area contributed by atoms with Crippen LogP contribution in [-0.2, 0) is 4.79 Å². The lowest BCUT2D eigenvalue weighted by atomic mass is 10.1. The van der Waals surface area contributed by atoms with E-state index >= 15 is 0 Å². The third-order valence-electron chi connectivity index (χ3n) is 2.47. The van der Waals surface area contributed by atoms with Gasteiger partial charge in [-0.05, 0) is 17.7 Å². The Labute approximate surface area is 117 Å². The molecule has 0 aliphatic heterocycles. The van der Waals surface area contributed by atoms with Crippen LogP contribution >= 0.6 is 0 Å². The number of hydrogen-bond acceptors (Lipinski definition) is 2. The average Bonchev–Trinajstić information content (AvgIpc) is 2.42. The van der Waals surface area contributed by atoms with Gasteiger partial charge in [-0.3, -0.25) is 4.79 Å². The zero-order valence-corrected chi connectivity index (χ0v) is 10.9. The standard InChI is InChI=1S/C12H13F4N3O2/c1-17-11(21)18-6-9(20)19-10(12(14,15)16)7-2-4-8(13)5-3-7/h2-5,10H,6H2,1H3,(H,19,20)(H2,17,18,21). The largest absolute Gasteiger partial charge is 0.412 e. The predicted molar refractivity (Wildman–Crippen MR) is 65.8 cm³/mol. The second-order valence-electron chi connectivity index (χ2n) is 4.03. The molecule has 0 saturated carbocycles. The summed E-state index contributed by atoms with van der Waals surface area (Å²) in [7, 11) is 1.30. The summed E-state index contributed by atoms with van der Waals surface area (Å²) in [6.07, 6.45) is -4.75. The van der Waals surface area contributed by atoms with Crippen LogP contribution in [0.3, 0.4) is 0 Å². The van der Waals surface area contributed by atoms with Crippen LogP contribution < -0.4 is 16.0 Å². The van der Waals surface area contributed by atoms with Crippen LogP contribution in [-0.4, -0.2) is 31.7 Å². The lowest BCUT2D eigenvalue weighted by Gasteiger charge is -2.22. The third kappa shape index (κ3) is 5.28. The SMILES string of the molecule is CNC(=O)NCC(=O)NC(c1ccc(F)cc1)C(F)(F)F. The molecule has 3 amide bonds. The molecule has 0 aliphatic carbocycles. The first-order valence-electron chi connectivity index (χ1n) is 5.81. The molecule has 1 aromatic rings. The highest BCUT2D eigenvalue weighted by Crippen LogP contribution is 2.32. The quantitative estimate of drug-likeness (QED) is 0.737. The number of halogens is 4. The Kier molecular flexibility index (Phi) is 5.51. The Balaban J connectivity index is 2.78. The van der Waals surface area contributed by atoms with E-state index in [0.717, 1.165) is 24.3 Å². The van der Waals surface area contributed by atoms with Gasteiger partial charge < -0.3 is 16.0 Å². The van der Waals surface area contributed by atoms with Crippen LogP contribution in [0.2, 0.25) is 0 Å². The van der Waals surface area contributed by atoms with Gasteiger partial charge in [0, 0.05) is 7.05 Å². The van der Waals surface area contributed by atoms with Crippen molar-refractivity contribution in [2.75, 3.05) is 13.6 Å². The van der Waals surface area contributed by atoms with Crippen LogP contribution in [0.15, 0.2) is 24.3 Å². The van der Waals surface area contributed by atoms with Crippen molar-refractivity contribution in [2.45, 2.75) is 12.2 Å². The number of alkyl halides is 3. The number of urea groups is 1. The summed E-state index contributed by atoms with van der Waals surface area (Å²) >= 11 is 0. The molecular weight excluding hydrogens is 294 g/mol. The molecule has 1 atom stereocenters. The second-order valence-corrected chi connectivity index (χ2v) is 4.03. The topological polar surface area (TPSA) is 70.2 Å². The Morgan fingerprint density at radius 1 is 1.19 bits per heavy atom. The Morgan fingerprint density at radius 2 is 1.76 bits per heavy atom. The predicted octanol–water partition coefficient (Wildman–Crippen LogP) is 1.47. The number of amides is 3. The molecule has 5 nitrogen and oxygen atoms in total. The highest BCUT2D eigenvalue weighted by molar-refractivity contribution is 5.84. The van der Waals surface area contributed by atoms with Gasteiger partial charge in [0.25, 0.3) is 0 Å². The third-order valence-corrected chi connectivity index (χ3v) is 2.47. The normalized spacial score (nSPS) is 12.4. The molecule has 0 saturated heterocycles. The Bertz CT molecular complexity index is 502. The lowest BCUT2D eigenvalue weighted by Crippen LogP contribution is -2.45. The molecular formula is C12H13F4N3O2. The van der Waals surface area contributed by atoms with Crippen molar-refractivity contribution < 1.29 is 27.2 Å². The first kappa shape index (κ1) is 16.7. The van der Waals surface area contributed by atoms with E-state index in [1.807, 2.05) is 0 Å². The highest BCUT2D eigenvalue weighted by atomic mass is 19.4. The number of hydrogen-bond donors (Lipinski definition) is 3. The van der Waals surface area contributed by atoms with Crippen molar-refractivity contribution in [3.63, 3.8) is 0 Å². The summed E-state index contributed by atoms with van der Waals surface area (Å²) < 4.78 is 51.5. The second kappa shape index (κ2) is 6.91. The minimum atomic E-state index is -4.75. The van der Waals surface area contributed by atoms with Gasteiger partial charge in [0.05, 0.1) is 6.54 Å². The molecule has 1 rings (SSSR count). The monoisotopic (exact) mass is 307 g/mol. The van der Waals surface area contributed by atoms with Crippen molar-refractivity contribution in [3.8, 4) is 0 Å². The summed E-state index contributed by atoms with van der Waals surface area (Å²) in [6.45, 7) is -0.618. The molecule has 116 valence electrons. The number of carbonyl (C=O) groups is 2. The fourth-order valence-corrected chi connectivity index (χ4v) is 1.47. The first-order chi connectivity index (χ1) is 9.74. The first-order valence-corrected chi connectivity index (χ1v) is 5.81. The maximum Gasteiger partial charge on any atom is 0.412 e. The van der Waals surface area contributed by atoms with Crippen LogP contribution in [0.4, 0.5) is 22.4 Å². The number of nitrogens with one attached hydrogen (secondary N) is 3. The minimum absolute atomic E-state index is 0.308. The van der Waals surface area contributed by atoms with E-state index in [9.17, 15) is 27.2 Å². The zero-order valence-electron chi connectivity index (χ0n) is 10.9. The summed E-state index contributed by atoms with van der Waals surface area (Å²) in [5, 5.41) is 5.95. The van der Waals surface area contributed by atoms with Gasteiger partial charge in [-0.15, -0.1) is 0 Å². The molecule has 0 bridgehead atoms. The van der Waals surface area contributed by atoms with Crippen molar-refractivity contribution >= 4 is 11.9 Å². The number of carbonyl (C=O) groups excluding carboxylic acids is 2. The molecule has 0 heterocycles. The van der Waals surface area contributed by atoms with E-state index in [-0.39, 0.29) is 5.56 Å². The summed E-state index contributed by atoms with van der Waals surface area (Å²) in [4.78, 5) is 22.3. The Hall–Kier alpha value is -2.32. The number of rotatable bonds is 4. The van der Waals surface area contributed by atoms with Crippen LogP contribution in [0, 0.1) is 5.82 Å². The van der Waals surface area contributed by atoms with Crippen molar-refractivity contribution in [2.24, 2.45) is 0 Å². The smallest absolute Gasteiger partial charge is 0.341 e. The molecule has 0 aromatic heterocycles. The maximum atomic E-state index is 12.9. The van der Waals surface area contributed by atoms with Gasteiger partial charge in [0.15, 0.2) is 6.04 Å². The van der Waals surface area contributed by atoms with E-state index in [1.165, 1.54) is 7.05 Å². The molecule has 0 fully saturated rings. The van der Waals surface area contributed by atoms with E-state index in [4.69, 9.17) is 0 Å². The zero-order chi connectivity index (χ0) is 16.0. The molecule has 1 unspecified atom stereocenters. The number of benzene rings is 1. The van der Waals surface area contributed by atoms with Gasteiger partial charge in [-0.25, -0.2) is 9.18 Å². The van der Waals surface area contributed by atoms with Crippen LogP contribution in [0.5, 0.6) is 0 Å². The Morgan fingerprint density at radius 3 is 2.24 bits per heavy atom.